The highest BCUT2D eigenvalue weighted by Gasteiger charge is 2.19. The van der Waals surface area contributed by atoms with Gasteiger partial charge in [-0.25, -0.2) is 4.98 Å². The molecule has 70 valence electrons. The summed E-state index contributed by atoms with van der Waals surface area (Å²) < 4.78 is 1.03. The molecule has 1 aromatic heterocycles. The van der Waals surface area contributed by atoms with Crippen molar-refractivity contribution in [2.75, 3.05) is 23.7 Å². The molecule has 1 saturated heterocycles. The zero-order valence-corrected chi connectivity index (χ0v) is 9.13. The number of nitrogens with zero attached hydrogens (tertiary/aromatic N) is 2. The van der Waals surface area contributed by atoms with E-state index in [4.69, 9.17) is 5.73 Å². The highest BCUT2D eigenvalue weighted by Crippen LogP contribution is 2.32. The summed E-state index contributed by atoms with van der Waals surface area (Å²) in [6.45, 7) is 4.22. The predicted molar refractivity (Wildman–Crippen MR) is 57.9 cm³/mol. The van der Waals surface area contributed by atoms with Crippen molar-refractivity contribution in [2.24, 2.45) is 0 Å². The first-order valence-corrected chi connectivity index (χ1v) is 5.15. The lowest BCUT2D eigenvalue weighted by atomic mass is 10.2. The molecule has 2 heterocycles. The molecule has 13 heavy (non-hydrogen) atoms. The summed E-state index contributed by atoms with van der Waals surface area (Å²) in [6.07, 6.45) is 2.99. The SMILES string of the molecule is Cc1c(N)cnc(N2CCC2)c1Br. The third kappa shape index (κ3) is 1.39. The van der Waals surface area contributed by atoms with E-state index in [9.17, 15) is 0 Å². The molecule has 1 aliphatic heterocycles. The number of anilines is 2. The summed E-state index contributed by atoms with van der Waals surface area (Å²) >= 11 is 3.52. The van der Waals surface area contributed by atoms with Gasteiger partial charge in [-0.2, -0.15) is 0 Å². The molecule has 0 aromatic carbocycles. The van der Waals surface area contributed by atoms with E-state index in [1.54, 1.807) is 6.20 Å². The van der Waals surface area contributed by atoms with Crippen LogP contribution in [0.15, 0.2) is 10.7 Å². The molecule has 3 nitrogen and oxygen atoms in total. The van der Waals surface area contributed by atoms with Crippen molar-refractivity contribution in [3.05, 3.63) is 16.2 Å². The minimum absolute atomic E-state index is 0.746. The van der Waals surface area contributed by atoms with Crippen LogP contribution in [0.2, 0.25) is 0 Å². The van der Waals surface area contributed by atoms with Crippen molar-refractivity contribution in [2.45, 2.75) is 13.3 Å². The Morgan fingerprint density at radius 1 is 1.54 bits per heavy atom. The number of hydrogen-bond donors (Lipinski definition) is 1. The van der Waals surface area contributed by atoms with Gasteiger partial charge in [0.1, 0.15) is 5.82 Å². The zero-order chi connectivity index (χ0) is 9.42. The maximum atomic E-state index is 5.74. The highest BCUT2D eigenvalue weighted by atomic mass is 79.9. The summed E-state index contributed by atoms with van der Waals surface area (Å²) in [7, 11) is 0. The van der Waals surface area contributed by atoms with Gasteiger partial charge in [0.05, 0.1) is 16.4 Å². The Balaban J connectivity index is 2.41. The van der Waals surface area contributed by atoms with Crippen LogP contribution in [0.4, 0.5) is 11.5 Å². The lowest BCUT2D eigenvalue weighted by molar-refractivity contribution is 0.608. The van der Waals surface area contributed by atoms with Crippen LogP contribution in [0.5, 0.6) is 0 Å². The maximum absolute atomic E-state index is 5.74. The van der Waals surface area contributed by atoms with Crippen LogP contribution in [0, 0.1) is 6.92 Å². The Labute approximate surface area is 86.1 Å². The van der Waals surface area contributed by atoms with Crippen LogP contribution in [0.25, 0.3) is 0 Å². The minimum Gasteiger partial charge on any atom is -0.397 e. The average Bonchev–Trinajstić information content (AvgIpc) is 2.03. The van der Waals surface area contributed by atoms with E-state index in [1.165, 1.54) is 6.42 Å². The van der Waals surface area contributed by atoms with Gasteiger partial charge in [0, 0.05) is 13.1 Å². The molecule has 4 heteroatoms. The topological polar surface area (TPSA) is 42.1 Å². The van der Waals surface area contributed by atoms with E-state index in [1.807, 2.05) is 6.92 Å². The highest BCUT2D eigenvalue weighted by molar-refractivity contribution is 9.10. The number of nitrogen functional groups attached to an aromatic ring is 1. The van der Waals surface area contributed by atoms with Gasteiger partial charge in [-0.15, -0.1) is 0 Å². The molecule has 0 aliphatic carbocycles. The van der Waals surface area contributed by atoms with E-state index in [0.29, 0.717) is 0 Å². The fourth-order valence-corrected chi connectivity index (χ4v) is 1.91. The monoisotopic (exact) mass is 241 g/mol. The van der Waals surface area contributed by atoms with Crippen LogP contribution in [-0.4, -0.2) is 18.1 Å². The van der Waals surface area contributed by atoms with Gasteiger partial charge in [-0.3, -0.25) is 0 Å². The van der Waals surface area contributed by atoms with Gasteiger partial charge < -0.3 is 10.6 Å². The maximum Gasteiger partial charge on any atom is 0.143 e. The van der Waals surface area contributed by atoms with Crippen molar-refractivity contribution in [3.63, 3.8) is 0 Å². The normalized spacial score (nSPS) is 15.7. The second-order valence-electron chi connectivity index (χ2n) is 3.32. The number of nitrogens with two attached hydrogens (primary N) is 1. The molecular formula is C9H12BrN3. The van der Waals surface area contributed by atoms with E-state index < -0.39 is 0 Å². The number of halogens is 1. The Bertz CT molecular complexity index is 334. The number of pyridine rings is 1. The molecule has 1 aliphatic rings. The quantitative estimate of drug-likeness (QED) is 0.818. The molecule has 0 atom stereocenters. The van der Waals surface area contributed by atoms with Crippen LogP contribution in [0.1, 0.15) is 12.0 Å². The summed E-state index contributed by atoms with van der Waals surface area (Å²) in [5.41, 5.74) is 7.57. The van der Waals surface area contributed by atoms with Crippen molar-refractivity contribution in [3.8, 4) is 0 Å². The van der Waals surface area contributed by atoms with Crippen molar-refractivity contribution in [1.82, 2.24) is 4.98 Å². The van der Waals surface area contributed by atoms with Crippen molar-refractivity contribution in [1.29, 1.82) is 0 Å². The largest absolute Gasteiger partial charge is 0.397 e. The fourth-order valence-electron chi connectivity index (χ4n) is 1.33. The Hall–Kier alpha value is -0.770. The minimum atomic E-state index is 0.746. The van der Waals surface area contributed by atoms with Gasteiger partial charge in [0.25, 0.3) is 0 Å². The molecule has 2 N–H and O–H groups in total. The van der Waals surface area contributed by atoms with Crippen LogP contribution in [-0.2, 0) is 0 Å². The van der Waals surface area contributed by atoms with Crippen LogP contribution >= 0.6 is 15.9 Å². The standard InChI is InChI=1S/C9H12BrN3/c1-6-7(11)5-12-9(8(6)10)13-3-2-4-13/h5H,2-4,11H2,1H3. The first-order chi connectivity index (χ1) is 6.20. The summed E-state index contributed by atoms with van der Waals surface area (Å²) in [4.78, 5) is 6.56. The van der Waals surface area contributed by atoms with E-state index in [-0.39, 0.29) is 0 Å². The third-order valence-corrected chi connectivity index (χ3v) is 3.39. The lowest BCUT2D eigenvalue weighted by Crippen LogP contribution is -2.38. The fraction of sp³-hybridized carbons (Fsp3) is 0.444. The van der Waals surface area contributed by atoms with E-state index >= 15 is 0 Å². The average molecular weight is 242 g/mol. The summed E-state index contributed by atoms with van der Waals surface area (Å²) in [6, 6.07) is 0. The lowest BCUT2D eigenvalue weighted by Gasteiger charge is -2.33. The van der Waals surface area contributed by atoms with E-state index in [2.05, 4.69) is 25.8 Å². The summed E-state index contributed by atoms with van der Waals surface area (Å²) in [5, 5.41) is 0. The van der Waals surface area contributed by atoms with Crippen molar-refractivity contribution < 1.29 is 0 Å². The van der Waals surface area contributed by atoms with Gasteiger partial charge in [-0.05, 0) is 34.8 Å². The van der Waals surface area contributed by atoms with Crippen LogP contribution in [0.3, 0.4) is 0 Å². The van der Waals surface area contributed by atoms with Crippen molar-refractivity contribution >= 4 is 27.4 Å². The first kappa shape index (κ1) is 8.81. The molecule has 1 fully saturated rings. The Morgan fingerprint density at radius 2 is 2.23 bits per heavy atom. The van der Waals surface area contributed by atoms with Gasteiger partial charge in [0.15, 0.2) is 0 Å². The molecule has 0 saturated carbocycles. The second-order valence-corrected chi connectivity index (χ2v) is 4.11. The second kappa shape index (κ2) is 3.18. The molecule has 0 spiro atoms. The first-order valence-electron chi connectivity index (χ1n) is 4.35. The molecule has 2 rings (SSSR count). The molecule has 0 radical (unpaired) electrons. The van der Waals surface area contributed by atoms with Crippen LogP contribution < -0.4 is 10.6 Å². The Kier molecular flexibility index (Phi) is 2.15. The molecule has 0 unspecified atom stereocenters. The molecule has 1 aromatic rings. The summed E-state index contributed by atoms with van der Waals surface area (Å²) in [5.74, 6) is 1.03. The number of aromatic nitrogens is 1. The molecule has 0 bridgehead atoms. The predicted octanol–water partition coefficient (Wildman–Crippen LogP) is 1.94. The van der Waals surface area contributed by atoms with E-state index in [0.717, 1.165) is 34.6 Å². The van der Waals surface area contributed by atoms with Gasteiger partial charge in [-0.1, -0.05) is 0 Å². The third-order valence-electron chi connectivity index (χ3n) is 2.44. The molecular weight excluding hydrogens is 230 g/mol. The number of rotatable bonds is 1. The zero-order valence-electron chi connectivity index (χ0n) is 7.55. The van der Waals surface area contributed by atoms with Gasteiger partial charge >= 0.3 is 0 Å². The smallest absolute Gasteiger partial charge is 0.143 e. The Morgan fingerprint density at radius 3 is 2.77 bits per heavy atom. The molecule has 0 amide bonds. The number of hydrogen-bond acceptors (Lipinski definition) is 3. The van der Waals surface area contributed by atoms with Gasteiger partial charge in [0.2, 0.25) is 0 Å².